The van der Waals surface area contributed by atoms with Gasteiger partial charge in [0.15, 0.2) is 0 Å². The SMILES string of the molecule is COC(=O)/C=C(/Nc1cc(Cl)ccc1F)C(=O)OC. The minimum absolute atomic E-state index is 0.0620. The van der Waals surface area contributed by atoms with Crippen molar-refractivity contribution in [2.24, 2.45) is 0 Å². The largest absolute Gasteiger partial charge is 0.466 e. The highest BCUT2D eigenvalue weighted by atomic mass is 35.5. The molecule has 0 heterocycles. The number of methoxy groups -OCH3 is 2. The Bertz CT molecular complexity index is 530. The summed E-state index contributed by atoms with van der Waals surface area (Å²) in [6, 6.07) is 3.74. The van der Waals surface area contributed by atoms with E-state index < -0.39 is 17.8 Å². The second-order valence-electron chi connectivity index (χ2n) is 3.32. The molecule has 0 unspecified atom stereocenters. The monoisotopic (exact) mass is 287 g/mol. The third kappa shape index (κ3) is 4.26. The van der Waals surface area contributed by atoms with E-state index in [2.05, 4.69) is 14.8 Å². The quantitative estimate of drug-likeness (QED) is 0.679. The highest BCUT2D eigenvalue weighted by molar-refractivity contribution is 6.30. The molecule has 0 aliphatic carbocycles. The summed E-state index contributed by atoms with van der Waals surface area (Å²) in [5.74, 6) is -2.26. The van der Waals surface area contributed by atoms with Crippen molar-refractivity contribution in [1.29, 1.82) is 0 Å². The molecule has 0 saturated heterocycles. The topological polar surface area (TPSA) is 64.6 Å². The summed E-state index contributed by atoms with van der Waals surface area (Å²) < 4.78 is 22.4. The Morgan fingerprint density at radius 1 is 1.32 bits per heavy atom. The molecule has 7 heteroatoms. The van der Waals surface area contributed by atoms with Crippen LogP contribution in [-0.2, 0) is 19.1 Å². The number of carbonyl (C=O) groups is 2. The van der Waals surface area contributed by atoms with Crippen molar-refractivity contribution in [3.8, 4) is 0 Å². The molecule has 1 rings (SSSR count). The molecule has 0 fully saturated rings. The summed E-state index contributed by atoms with van der Waals surface area (Å²) in [4.78, 5) is 22.6. The third-order valence-electron chi connectivity index (χ3n) is 2.07. The van der Waals surface area contributed by atoms with Crippen LogP contribution in [0.4, 0.5) is 10.1 Å². The zero-order chi connectivity index (χ0) is 14.4. The van der Waals surface area contributed by atoms with Crippen molar-refractivity contribution in [3.05, 3.63) is 40.8 Å². The number of nitrogens with one attached hydrogen (secondary N) is 1. The van der Waals surface area contributed by atoms with E-state index in [4.69, 9.17) is 11.6 Å². The maximum absolute atomic E-state index is 13.5. The van der Waals surface area contributed by atoms with Gasteiger partial charge in [-0.2, -0.15) is 0 Å². The maximum Gasteiger partial charge on any atom is 0.354 e. The van der Waals surface area contributed by atoms with Crippen molar-refractivity contribution >= 4 is 29.2 Å². The van der Waals surface area contributed by atoms with Crippen LogP contribution in [0, 0.1) is 5.82 Å². The van der Waals surface area contributed by atoms with Gasteiger partial charge in [-0.05, 0) is 18.2 Å². The van der Waals surface area contributed by atoms with Gasteiger partial charge < -0.3 is 14.8 Å². The third-order valence-corrected chi connectivity index (χ3v) is 2.30. The van der Waals surface area contributed by atoms with Crippen LogP contribution in [0.5, 0.6) is 0 Å². The van der Waals surface area contributed by atoms with Crippen molar-refractivity contribution < 1.29 is 23.5 Å². The Labute approximate surface area is 114 Å². The van der Waals surface area contributed by atoms with Gasteiger partial charge in [-0.15, -0.1) is 0 Å². The summed E-state index contributed by atoms with van der Waals surface area (Å²) in [6.07, 6.45) is 0.853. The fraction of sp³-hybridized carbons (Fsp3) is 0.167. The van der Waals surface area contributed by atoms with Crippen LogP contribution >= 0.6 is 11.6 Å². The first-order valence-electron chi connectivity index (χ1n) is 5.08. The Morgan fingerprint density at radius 3 is 2.58 bits per heavy atom. The highest BCUT2D eigenvalue weighted by Crippen LogP contribution is 2.21. The lowest BCUT2D eigenvalue weighted by atomic mass is 10.3. The molecule has 0 atom stereocenters. The van der Waals surface area contributed by atoms with Crippen molar-refractivity contribution in [1.82, 2.24) is 0 Å². The number of halogens is 2. The van der Waals surface area contributed by atoms with E-state index in [0.29, 0.717) is 0 Å². The van der Waals surface area contributed by atoms with Crippen molar-refractivity contribution in [2.45, 2.75) is 0 Å². The van der Waals surface area contributed by atoms with E-state index in [0.717, 1.165) is 26.4 Å². The second kappa shape index (κ2) is 6.75. The van der Waals surface area contributed by atoms with E-state index in [1.54, 1.807) is 0 Å². The molecule has 102 valence electrons. The number of hydrogen-bond acceptors (Lipinski definition) is 5. The normalized spacial score (nSPS) is 10.8. The summed E-state index contributed by atoms with van der Waals surface area (Å²) in [6.45, 7) is 0. The number of rotatable bonds is 4. The van der Waals surface area contributed by atoms with Gasteiger partial charge in [0.2, 0.25) is 0 Å². The van der Waals surface area contributed by atoms with Crippen LogP contribution < -0.4 is 5.32 Å². The van der Waals surface area contributed by atoms with Crippen LogP contribution in [0.2, 0.25) is 5.02 Å². The lowest BCUT2D eigenvalue weighted by Crippen LogP contribution is -2.16. The molecule has 1 N–H and O–H groups in total. The van der Waals surface area contributed by atoms with Gasteiger partial charge in [-0.3, -0.25) is 0 Å². The highest BCUT2D eigenvalue weighted by Gasteiger charge is 2.14. The van der Waals surface area contributed by atoms with Gasteiger partial charge in [0.05, 0.1) is 26.0 Å². The molecule has 1 aromatic carbocycles. The molecular weight excluding hydrogens is 277 g/mol. The Balaban J connectivity index is 3.07. The number of carbonyl (C=O) groups excluding carboxylic acids is 2. The number of anilines is 1. The molecule has 0 amide bonds. The summed E-state index contributed by atoms with van der Waals surface area (Å²) in [5.41, 5.74) is -0.330. The van der Waals surface area contributed by atoms with Crippen LogP contribution in [-0.4, -0.2) is 26.2 Å². The van der Waals surface area contributed by atoms with E-state index in [-0.39, 0.29) is 16.4 Å². The van der Waals surface area contributed by atoms with Crippen LogP contribution in [0.25, 0.3) is 0 Å². The first-order chi connectivity index (χ1) is 8.97. The Hall–Kier alpha value is -2.08. The van der Waals surface area contributed by atoms with Crippen molar-refractivity contribution in [2.75, 3.05) is 19.5 Å². The molecule has 5 nitrogen and oxygen atoms in total. The average molecular weight is 288 g/mol. The minimum atomic E-state index is -0.843. The zero-order valence-corrected chi connectivity index (χ0v) is 11.0. The molecule has 0 radical (unpaired) electrons. The van der Waals surface area contributed by atoms with E-state index in [1.165, 1.54) is 12.1 Å². The molecule has 0 bridgehead atoms. The van der Waals surface area contributed by atoms with E-state index >= 15 is 0 Å². The molecular formula is C12H11ClFNO4. The molecule has 0 aromatic heterocycles. The number of hydrogen-bond donors (Lipinski definition) is 1. The predicted molar refractivity (Wildman–Crippen MR) is 67.1 cm³/mol. The molecule has 0 saturated carbocycles. The fourth-order valence-corrected chi connectivity index (χ4v) is 1.34. The minimum Gasteiger partial charge on any atom is -0.466 e. The summed E-state index contributed by atoms with van der Waals surface area (Å²) in [5, 5.41) is 2.70. The molecule has 0 spiro atoms. The van der Waals surface area contributed by atoms with Gasteiger partial charge in [0.25, 0.3) is 0 Å². The fourth-order valence-electron chi connectivity index (χ4n) is 1.17. The van der Waals surface area contributed by atoms with Gasteiger partial charge >= 0.3 is 11.9 Å². The van der Waals surface area contributed by atoms with Crippen LogP contribution in [0.15, 0.2) is 30.0 Å². The lowest BCUT2D eigenvalue weighted by Gasteiger charge is -2.10. The average Bonchev–Trinajstić information content (AvgIpc) is 2.40. The van der Waals surface area contributed by atoms with E-state index in [9.17, 15) is 14.0 Å². The number of esters is 2. The lowest BCUT2D eigenvalue weighted by molar-refractivity contribution is -0.138. The second-order valence-corrected chi connectivity index (χ2v) is 3.76. The molecule has 0 aliphatic heterocycles. The zero-order valence-electron chi connectivity index (χ0n) is 10.2. The smallest absolute Gasteiger partial charge is 0.354 e. The van der Waals surface area contributed by atoms with Crippen LogP contribution in [0.3, 0.4) is 0 Å². The van der Waals surface area contributed by atoms with Gasteiger partial charge in [0.1, 0.15) is 11.5 Å². The van der Waals surface area contributed by atoms with Gasteiger partial charge in [-0.1, -0.05) is 11.6 Å². The summed E-state index contributed by atoms with van der Waals surface area (Å²) >= 11 is 5.71. The molecule has 19 heavy (non-hydrogen) atoms. The summed E-state index contributed by atoms with van der Waals surface area (Å²) in [7, 11) is 2.27. The first-order valence-corrected chi connectivity index (χ1v) is 5.45. The van der Waals surface area contributed by atoms with Gasteiger partial charge in [-0.25, -0.2) is 14.0 Å². The Kier molecular flexibility index (Phi) is 5.32. The van der Waals surface area contributed by atoms with E-state index in [1.807, 2.05) is 0 Å². The molecule has 0 aliphatic rings. The van der Waals surface area contributed by atoms with Crippen molar-refractivity contribution in [3.63, 3.8) is 0 Å². The number of ether oxygens (including phenoxy) is 2. The first kappa shape index (κ1) is 15.0. The number of benzene rings is 1. The van der Waals surface area contributed by atoms with Gasteiger partial charge in [0, 0.05) is 5.02 Å². The predicted octanol–water partition coefficient (Wildman–Crippen LogP) is 2.12. The maximum atomic E-state index is 13.5. The standard InChI is InChI=1S/C12H11ClFNO4/c1-18-11(16)6-10(12(17)19-2)15-9-5-7(13)3-4-8(9)14/h3-6,15H,1-2H3/b10-6+. The Morgan fingerprint density at radius 2 is 2.00 bits per heavy atom. The molecule has 1 aromatic rings. The van der Waals surface area contributed by atoms with Crippen LogP contribution in [0.1, 0.15) is 0 Å².